The fourth-order valence-electron chi connectivity index (χ4n) is 2.22. The van der Waals surface area contributed by atoms with Crippen molar-refractivity contribution in [2.75, 3.05) is 0 Å². The summed E-state index contributed by atoms with van der Waals surface area (Å²) in [4.78, 5) is 22.1. The van der Waals surface area contributed by atoms with Gasteiger partial charge in [-0.25, -0.2) is 0 Å². The molecule has 0 N–H and O–H groups in total. The summed E-state index contributed by atoms with van der Waals surface area (Å²) in [6.07, 6.45) is 1.55. The minimum Gasteiger partial charge on any atom is -0.299 e. The van der Waals surface area contributed by atoms with Gasteiger partial charge in [0, 0.05) is 25.0 Å². The van der Waals surface area contributed by atoms with E-state index in [1.807, 2.05) is 31.2 Å². The molecular weight excluding hydrogens is 266 g/mol. The molecule has 0 unspecified atom stereocenters. The lowest BCUT2D eigenvalue weighted by Crippen LogP contribution is -2.05. The lowest BCUT2D eigenvalue weighted by Gasteiger charge is -2.05. The minimum absolute atomic E-state index is 0.0473. The van der Waals surface area contributed by atoms with E-state index in [-0.39, 0.29) is 11.5 Å². The summed E-state index contributed by atoms with van der Waals surface area (Å²) in [6, 6.07) is 14.2. The third-order valence-corrected chi connectivity index (χ3v) is 3.48. The number of rotatable bonds is 6. The molecule has 4 nitrogen and oxygen atoms in total. The Balaban J connectivity index is 1.90. The summed E-state index contributed by atoms with van der Waals surface area (Å²) in [6.45, 7) is 2.04. The van der Waals surface area contributed by atoms with Crippen LogP contribution in [0.4, 0.5) is 5.69 Å². The fraction of sp³-hybridized carbons (Fsp3) is 0.235. The topological polar surface area (TPSA) is 60.2 Å². The normalized spacial score (nSPS) is 10.3. The van der Waals surface area contributed by atoms with Crippen molar-refractivity contribution in [1.82, 2.24) is 0 Å². The quantitative estimate of drug-likeness (QED) is 0.600. The average Bonchev–Trinajstić information content (AvgIpc) is 2.47. The van der Waals surface area contributed by atoms with Gasteiger partial charge in [0.25, 0.3) is 5.69 Å². The zero-order valence-electron chi connectivity index (χ0n) is 11.9. The van der Waals surface area contributed by atoms with E-state index in [9.17, 15) is 14.9 Å². The average molecular weight is 283 g/mol. The van der Waals surface area contributed by atoms with Crippen molar-refractivity contribution in [2.24, 2.45) is 0 Å². The van der Waals surface area contributed by atoms with Crippen molar-refractivity contribution < 1.29 is 9.72 Å². The van der Waals surface area contributed by atoms with Crippen molar-refractivity contribution in [3.8, 4) is 0 Å². The van der Waals surface area contributed by atoms with Crippen molar-refractivity contribution in [3.63, 3.8) is 0 Å². The van der Waals surface area contributed by atoms with Crippen molar-refractivity contribution in [1.29, 1.82) is 0 Å². The highest BCUT2D eigenvalue weighted by atomic mass is 16.6. The van der Waals surface area contributed by atoms with Crippen LogP contribution in [-0.2, 0) is 17.6 Å². The summed E-state index contributed by atoms with van der Waals surface area (Å²) in [5, 5.41) is 10.6. The SMILES string of the molecule is Cc1ccccc1CCC(=O)Cc1ccc([N+](=O)[O-])cc1. The number of non-ortho nitro benzene ring substituents is 1. The lowest BCUT2D eigenvalue weighted by atomic mass is 10.00. The zero-order valence-corrected chi connectivity index (χ0v) is 11.9. The maximum Gasteiger partial charge on any atom is 0.269 e. The van der Waals surface area contributed by atoms with E-state index in [0.29, 0.717) is 12.8 Å². The molecule has 0 radical (unpaired) electrons. The summed E-state index contributed by atoms with van der Waals surface area (Å²) in [5.41, 5.74) is 3.25. The van der Waals surface area contributed by atoms with E-state index in [4.69, 9.17) is 0 Å². The van der Waals surface area contributed by atoms with Crippen LogP contribution < -0.4 is 0 Å². The van der Waals surface area contributed by atoms with Crippen molar-refractivity contribution >= 4 is 11.5 Å². The second-order valence-electron chi connectivity index (χ2n) is 5.07. The molecule has 0 heterocycles. The lowest BCUT2D eigenvalue weighted by molar-refractivity contribution is -0.384. The number of Topliss-reactive ketones (excluding diaryl/α,β-unsaturated/α-hetero) is 1. The molecule has 2 rings (SSSR count). The molecule has 0 saturated carbocycles. The van der Waals surface area contributed by atoms with Crippen molar-refractivity contribution in [3.05, 3.63) is 75.3 Å². The number of hydrogen-bond donors (Lipinski definition) is 0. The predicted octanol–water partition coefficient (Wildman–Crippen LogP) is 3.65. The molecule has 0 spiro atoms. The van der Waals surface area contributed by atoms with Crippen LogP contribution in [0.3, 0.4) is 0 Å². The third kappa shape index (κ3) is 4.24. The van der Waals surface area contributed by atoms with Gasteiger partial charge in [-0.1, -0.05) is 36.4 Å². The largest absolute Gasteiger partial charge is 0.299 e. The Hall–Kier alpha value is -2.49. The zero-order chi connectivity index (χ0) is 15.2. The highest BCUT2D eigenvalue weighted by Gasteiger charge is 2.08. The van der Waals surface area contributed by atoms with Crippen LogP contribution in [0.5, 0.6) is 0 Å². The molecule has 4 heteroatoms. The highest BCUT2D eigenvalue weighted by molar-refractivity contribution is 5.81. The number of carbonyl (C=O) groups is 1. The molecule has 0 aliphatic heterocycles. The van der Waals surface area contributed by atoms with E-state index in [1.54, 1.807) is 12.1 Å². The number of carbonyl (C=O) groups excluding carboxylic acids is 1. The standard InChI is InChI=1S/C17H17NO3/c1-13-4-2-3-5-15(13)8-11-17(19)12-14-6-9-16(10-7-14)18(20)21/h2-7,9-10H,8,11-12H2,1H3. The molecule has 21 heavy (non-hydrogen) atoms. The molecule has 2 aromatic rings. The molecule has 0 saturated heterocycles. The van der Waals surface area contributed by atoms with Crippen LogP contribution in [0.25, 0.3) is 0 Å². The van der Waals surface area contributed by atoms with E-state index in [2.05, 4.69) is 0 Å². The number of nitrogens with zero attached hydrogens (tertiary/aromatic N) is 1. The first-order valence-corrected chi connectivity index (χ1v) is 6.86. The summed E-state index contributed by atoms with van der Waals surface area (Å²) < 4.78 is 0. The van der Waals surface area contributed by atoms with Gasteiger partial charge in [0.15, 0.2) is 0 Å². The molecule has 108 valence electrons. The Morgan fingerprint density at radius 3 is 2.38 bits per heavy atom. The maximum absolute atomic E-state index is 12.0. The number of ketones is 1. The Morgan fingerprint density at radius 1 is 1.10 bits per heavy atom. The molecule has 2 aromatic carbocycles. The smallest absolute Gasteiger partial charge is 0.269 e. The molecule has 0 atom stereocenters. The number of hydrogen-bond acceptors (Lipinski definition) is 3. The molecule has 0 amide bonds. The third-order valence-electron chi connectivity index (χ3n) is 3.48. The van der Waals surface area contributed by atoms with Gasteiger partial charge in [-0.2, -0.15) is 0 Å². The predicted molar refractivity (Wildman–Crippen MR) is 81.3 cm³/mol. The van der Waals surface area contributed by atoms with Crippen molar-refractivity contribution in [2.45, 2.75) is 26.2 Å². The van der Waals surface area contributed by atoms with Gasteiger partial charge < -0.3 is 0 Å². The first-order valence-electron chi connectivity index (χ1n) is 6.86. The minimum atomic E-state index is -0.441. The van der Waals surface area contributed by atoms with Gasteiger partial charge in [-0.05, 0) is 30.0 Å². The van der Waals surface area contributed by atoms with Gasteiger partial charge in [-0.3, -0.25) is 14.9 Å². The highest BCUT2D eigenvalue weighted by Crippen LogP contribution is 2.14. The van der Waals surface area contributed by atoms with Gasteiger partial charge in [0.05, 0.1) is 4.92 Å². The molecule has 0 aliphatic rings. The second kappa shape index (κ2) is 6.79. The first kappa shape index (κ1) is 14.9. The van der Waals surface area contributed by atoms with Crippen LogP contribution in [0.1, 0.15) is 23.1 Å². The summed E-state index contributed by atoms with van der Waals surface area (Å²) in [5.74, 6) is 0.145. The maximum atomic E-state index is 12.0. The van der Waals surface area contributed by atoms with Gasteiger partial charge in [-0.15, -0.1) is 0 Å². The number of aryl methyl sites for hydroxylation is 2. The van der Waals surface area contributed by atoms with Crippen LogP contribution in [0, 0.1) is 17.0 Å². The van der Waals surface area contributed by atoms with Gasteiger partial charge in [0.2, 0.25) is 0 Å². The van der Waals surface area contributed by atoms with Gasteiger partial charge in [0.1, 0.15) is 5.78 Å². The number of benzene rings is 2. The Kier molecular flexibility index (Phi) is 4.82. The van der Waals surface area contributed by atoms with Gasteiger partial charge >= 0.3 is 0 Å². The first-order chi connectivity index (χ1) is 10.1. The van der Waals surface area contributed by atoms with E-state index >= 15 is 0 Å². The molecule has 0 fully saturated rings. The van der Waals surface area contributed by atoms with Crippen LogP contribution in [0.2, 0.25) is 0 Å². The Labute approximate surface area is 123 Å². The monoisotopic (exact) mass is 283 g/mol. The number of nitro benzene ring substituents is 1. The van der Waals surface area contributed by atoms with E-state index in [0.717, 1.165) is 12.0 Å². The second-order valence-corrected chi connectivity index (χ2v) is 5.07. The van der Waals surface area contributed by atoms with Crippen LogP contribution >= 0.6 is 0 Å². The van der Waals surface area contributed by atoms with Crippen LogP contribution in [-0.4, -0.2) is 10.7 Å². The van der Waals surface area contributed by atoms with E-state index < -0.39 is 4.92 Å². The molecule has 0 bridgehead atoms. The Bertz CT molecular complexity index is 647. The number of nitro groups is 1. The van der Waals surface area contributed by atoms with Crippen LogP contribution in [0.15, 0.2) is 48.5 Å². The summed E-state index contributed by atoms with van der Waals surface area (Å²) >= 11 is 0. The Morgan fingerprint density at radius 2 is 1.76 bits per heavy atom. The summed E-state index contributed by atoms with van der Waals surface area (Å²) in [7, 11) is 0. The molecule has 0 aliphatic carbocycles. The molecular formula is C17H17NO3. The fourth-order valence-corrected chi connectivity index (χ4v) is 2.22. The molecule has 0 aromatic heterocycles. The van der Waals surface area contributed by atoms with E-state index in [1.165, 1.54) is 23.3 Å².